The molecule has 5 atom stereocenters. The van der Waals surface area contributed by atoms with Crippen LogP contribution < -0.4 is 10.6 Å². The summed E-state index contributed by atoms with van der Waals surface area (Å²) in [7, 11) is 1.20. The van der Waals surface area contributed by atoms with Gasteiger partial charge in [0.05, 0.1) is 13.2 Å². The minimum atomic E-state index is -2.95. The molecule has 0 aromatic rings. The van der Waals surface area contributed by atoms with Crippen molar-refractivity contribution in [2.45, 2.75) is 78.4 Å². The number of aldehydes is 1. The molecular formula is C22H35F2N3O5. The number of hydrogen-bond acceptors (Lipinski definition) is 5. The number of fused-ring (bicyclic) bond motifs is 1. The Morgan fingerprint density at radius 1 is 1.19 bits per heavy atom. The second kappa shape index (κ2) is 8.94. The number of nitrogens with one attached hydrogen (secondary N) is 2. The predicted molar refractivity (Wildman–Crippen MR) is 113 cm³/mol. The number of methoxy groups -OCH3 is 1. The van der Waals surface area contributed by atoms with Gasteiger partial charge in [-0.25, -0.2) is 13.6 Å². The van der Waals surface area contributed by atoms with Crippen molar-refractivity contribution in [2.24, 2.45) is 22.7 Å². The van der Waals surface area contributed by atoms with E-state index in [4.69, 9.17) is 0 Å². The quantitative estimate of drug-likeness (QED) is 0.542. The molecule has 2 fully saturated rings. The number of halogens is 2. The Labute approximate surface area is 187 Å². The van der Waals surface area contributed by atoms with Gasteiger partial charge in [0, 0.05) is 13.0 Å². The molecule has 1 aliphatic carbocycles. The molecule has 1 saturated heterocycles. The van der Waals surface area contributed by atoms with Crippen LogP contribution in [0.3, 0.4) is 0 Å². The van der Waals surface area contributed by atoms with Crippen molar-refractivity contribution in [3.05, 3.63) is 0 Å². The average Bonchev–Trinajstić information content (AvgIpc) is 3.02. The fourth-order valence-electron chi connectivity index (χ4n) is 4.66. The summed E-state index contributed by atoms with van der Waals surface area (Å²) in [5.74, 6) is -3.95. The zero-order chi connectivity index (χ0) is 24.6. The number of nitrogens with zero attached hydrogens (tertiary/aromatic N) is 1. The molecule has 1 heterocycles. The van der Waals surface area contributed by atoms with Gasteiger partial charge < -0.3 is 25.1 Å². The molecule has 3 amide bonds. The van der Waals surface area contributed by atoms with E-state index in [1.807, 2.05) is 13.8 Å². The zero-order valence-electron chi connectivity index (χ0n) is 19.8. The van der Waals surface area contributed by atoms with Gasteiger partial charge in [0.2, 0.25) is 17.7 Å². The molecule has 2 N–H and O–H groups in total. The number of hydrogen-bond donors (Lipinski definition) is 2. The van der Waals surface area contributed by atoms with E-state index in [0.29, 0.717) is 12.8 Å². The molecule has 0 aromatic heterocycles. The highest BCUT2D eigenvalue weighted by Crippen LogP contribution is 2.65. The lowest BCUT2D eigenvalue weighted by molar-refractivity contribution is -0.144. The van der Waals surface area contributed by atoms with E-state index in [1.165, 1.54) is 12.0 Å². The molecule has 1 aliphatic heterocycles. The van der Waals surface area contributed by atoms with Crippen LogP contribution in [-0.4, -0.2) is 66.8 Å². The zero-order valence-corrected chi connectivity index (χ0v) is 19.8. The van der Waals surface area contributed by atoms with Gasteiger partial charge in [-0.3, -0.25) is 9.59 Å². The molecule has 10 heteroatoms. The Hall–Kier alpha value is -2.26. The Balaban J connectivity index is 2.23. The van der Waals surface area contributed by atoms with E-state index >= 15 is 0 Å². The molecule has 0 unspecified atom stereocenters. The van der Waals surface area contributed by atoms with Crippen molar-refractivity contribution < 1.29 is 32.7 Å². The van der Waals surface area contributed by atoms with Crippen LogP contribution in [0.1, 0.15) is 54.4 Å². The average molecular weight is 460 g/mol. The number of carbonyl (C=O) groups is 4. The number of likely N-dealkylation sites (tertiary alicyclic amines) is 1. The summed E-state index contributed by atoms with van der Waals surface area (Å²) in [6.07, 6.45) is -1.07. The number of alkyl carbamates (subject to hydrolysis) is 1. The van der Waals surface area contributed by atoms with Crippen LogP contribution in [0, 0.1) is 22.7 Å². The molecule has 32 heavy (non-hydrogen) atoms. The summed E-state index contributed by atoms with van der Waals surface area (Å²) >= 11 is 0. The smallest absolute Gasteiger partial charge is 0.407 e. The molecule has 0 bridgehead atoms. The second-order valence-corrected chi connectivity index (χ2v) is 10.7. The van der Waals surface area contributed by atoms with E-state index in [1.54, 1.807) is 20.8 Å². The first-order valence-corrected chi connectivity index (χ1v) is 10.8. The first-order valence-electron chi connectivity index (χ1n) is 10.8. The second-order valence-electron chi connectivity index (χ2n) is 10.7. The highest BCUT2D eigenvalue weighted by molar-refractivity contribution is 5.94. The van der Waals surface area contributed by atoms with Crippen molar-refractivity contribution in [3.63, 3.8) is 0 Å². The summed E-state index contributed by atoms with van der Waals surface area (Å²) in [5, 5.41) is 5.10. The molecule has 0 spiro atoms. The summed E-state index contributed by atoms with van der Waals surface area (Å²) < 4.78 is 31.1. The number of amides is 3. The molecule has 0 aromatic carbocycles. The number of rotatable bonds is 8. The lowest BCUT2D eigenvalue weighted by Crippen LogP contribution is -2.59. The van der Waals surface area contributed by atoms with Crippen LogP contribution in [0.4, 0.5) is 13.6 Å². The summed E-state index contributed by atoms with van der Waals surface area (Å²) in [5.41, 5.74) is -0.828. The maximum Gasteiger partial charge on any atom is 0.407 e. The standard InChI is InChI=1S/C22H35F2N3O5/c1-20(2,3)16(26-19(31)32-7)18(30)27-10-13-14(21(13,4)5)15(27)17(29)25-12(11-28)8-9-22(6,23)24/h11-16H,8-10H2,1-7H3,(H,25,29)(H,26,31)/t12-,13-,14-,15-,16+/m0/s1. The summed E-state index contributed by atoms with van der Waals surface area (Å²) in [6, 6.07) is -2.86. The van der Waals surface area contributed by atoms with Crippen molar-refractivity contribution >= 4 is 24.2 Å². The lowest BCUT2D eigenvalue weighted by atomic mass is 9.85. The van der Waals surface area contributed by atoms with Gasteiger partial charge in [0.25, 0.3) is 0 Å². The van der Waals surface area contributed by atoms with Gasteiger partial charge in [-0.2, -0.15) is 0 Å². The monoisotopic (exact) mass is 459 g/mol. The van der Waals surface area contributed by atoms with Crippen molar-refractivity contribution in [1.29, 1.82) is 0 Å². The third-order valence-corrected chi connectivity index (χ3v) is 6.71. The molecule has 2 aliphatic rings. The Morgan fingerprint density at radius 3 is 2.25 bits per heavy atom. The van der Waals surface area contributed by atoms with Gasteiger partial charge in [-0.1, -0.05) is 34.6 Å². The number of ether oxygens (including phenoxy) is 1. The van der Waals surface area contributed by atoms with E-state index in [-0.39, 0.29) is 23.7 Å². The van der Waals surface area contributed by atoms with E-state index in [2.05, 4.69) is 15.4 Å². The van der Waals surface area contributed by atoms with Crippen LogP contribution in [-0.2, 0) is 19.1 Å². The molecule has 0 radical (unpaired) electrons. The van der Waals surface area contributed by atoms with Crippen molar-refractivity contribution in [1.82, 2.24) is 15.5 Å². The third-order valence-electron chi connectivity index (χ3n) is 6.71. The molecular weight excluding hydrogens is 424 g/mol. The van der Waals surface area contributed by atoms with E-state index in [9.17, 15) is 28.0 Å². The maximum atomic E-state index is 13.5. The van der Waals surface area contributed by atoms with E-state index in [0.717, 1.165) is 6.92 Å². The Kier molecular flexibility index (Phi) is 7.26. The summed E-state index contributed by atoms with van der Waals surface area (Å²) in [6.45, 7) is 10.5. The fraction of sp³-hybridized carbons (Fsp3) is 0.818. The van der Waals surface area contributed by atoms with Gasteiger partial charge in [0.1, 0.15) is 18.4 Å². The molecule has 8 nitrogen and oxygen atoms in total. The first kappa shape index (κ1) is 26.0. The molecule has 182 valence electrons. The number of alkyl halides is 2. The highest BCUT2D eigenvalue weighted by atomic mass is 19.3. The fourth-order valence-corrected chi connectivity index (χ4v) is 4.66. The Bertz CT molecular complexity index is 760. The van der Waals surface area contributed by atoms with Gasteiger partial charge in [0.15, 0.2) is 0 Å². The number of piperidine rings is 1. The minimum Gasteiger partial charge on any atom is -0.453 e. The molecule has 2 rings (SSSR count). The maximum absolute atomic E-state index is 13.5. The SMILES string of the molecule is COC(=O)N[C@H](C(=O)N1C[C@H]2[C@@H]([C@H]1C(=O)N[C@H](C=O)CCC(C)(F)F)C2(C)C)C(C)(C)C. The third kappa shape index (κ3) is 5.56. The van der Waals surface area contributed by atoms with Crippen LogP contribution in [0.2, 0.25) is 0 Å². The van der Waals surface area contributed by atoms with E-state index < -0.39 is 53.8 Å². The van der Waals surface area contributed by atoms with Crippen molar-refractivity contribution in [3.8, 4) is 0 Å². The lowest BCUT2D eigenvalue weighted by Gasteiger charge is -2.37. The predicted octanol–water partition coefficient (Wildman–Crippen LogP) is 2.36. The first-order chi connectivity index (χ1) is 14.5. The molecule has 1 saturated carbocycles. The largest absolute Gasteiger partial charge is 0.453 e. The van der Waals surface area contributed by atoms with Gasteiger partial charge >= 0.3 is 6.09 Å². The van der Waals surface area contributed by atoms with Crippen molar-refractivity contribution in [2.75, 3.05) is 13.7 Å². The Morgan fingerprint density at radius 2 is 1.78 bits per heavy atom. The minimum absolute atomic E-state index is 0.0931. The van der Waals surface area contributed by atoms with Crippen LogP contribution in [0.25, 0.3) is 0 Å². The van der Waals surface area contributed by atoms with Crippen LogP contribution in [0.15, 0.2) is 0 Å². The van der Waals surface area contributed by atoms with Crippen LogP contribution >= 0.6 is 0 Å². The highest BCUT2D eigenvalue weighted by Gasteiger charge is 2.69. The van der Waals surface area contributed by atoms with Crippen LogP contribution in [0.5, 0.6) is 0 Å². The topological polar surface area (TPSA) is 105 Å². The van der Waals surface area contributed by atoms with Gasteiger partial charge in [-0.15, -0.1) is 0 Å². The van der Waals surface area contributed by atoms with Gasteiger partial charge in [-0.05, 0) is 36.0 Å². The normalized spacial score (nSPS) is 25.9. The summed E-state index contributed by atoms with van der Waals surface area (Å²) in [4.78, 5) is 51.3. The number of carbonyl (C=O) groups excluding carboxylic acids is 4.